The van der Waals surface area contributed by atoms with Crippen molar-refractivity contribution in [3.05, 3.63) is 30.1 Å². The number of carbonyl (C=O) groups is 2. The zero-order chi connectivity index (χ0) is 19.9. The number of amides is 2. The molecule has 0 radical (unpaired) electrons. The maximum atomic E-state index is 12.9. The third kappa shape index (κ3) is 5.75. The van der Waals surface area contributed by atoms with Crippen LogP contribution in [0.25, 0.3) is 0 Å². The molecular weight excluding hydrogens is 359 g/mol. The minimum atomic E-state index is -0.321. The van der Waals surface area contributed by atoms with Gasteiger partial charge in [-0.05, 0) is 44.0 Å². The van der Waals surface area contributed by atoms with Crippen LogP contribution < -0.4 is 5.32 Å². The van der Waals surface area contributed by atoms with Gasteiger partial charge >= 0.3 is 0 Å². The molecule has 6 nitrogen and oxygen atoms in total. The van der Waals surface area contributed by atoms with Gasteiger partial charge in [-0.3, -0.25) is 19.4 Å². The molecule has 2 fully saturated rings. The third-order valence-corrected chi connectivity index (χ3v) is 5.72. The molecule has 154 valence electrons. The molecule has 0 saturated carbocycles. The van der Waals surface area contributed by atoms with Crippen LogP contribution in [0.4, 0.5) is 10.1 Å². The average Bonchev–Trinajstić information content (AvgIpc) is 2.99. The lowest BCUT2D eigenvalue weighted by Gasteiger charge is -2.38. The maximum absolute atomic E-state index is 12.9. The Balaban J connectivity index is 1.42. The van der Waals surface area contributed by atoms with E-state index in [1.54, 1.807) is 12.1 Å². The number of carbonyl (C=O) groups excluding carboxylic acids is 2. The molecule has 3 rings (SSSR count). The van der Waals surface area contributed by atoms with Crippen molar-refractivity contribution in [1.82, 2.24) is 14.7 Å². The predicted octanol–water partition coefficient (Wildman–Crippen LogP) is 2.17. The van der Waals surface area contributed by atoms with Gasteiger partial charge in [-0.15, -0.1) is 0 Å². The molecule has 1 N–H and O–H groups in total. The smallest absolute Gasteiger partial charge is 0.239 e. The average molecular weight is 391 g/mol. The third-order valence-electron chi connectivity index (χ3n) is 5.72. The van der Waals surface area contributed by atoms with Gasteiger partial charge in [0.25, 0.3) is 0 Å². The van der Waals surface area contributed by atoms with Crippen LogP contribution >= 0.6 is 0 Å². The topological polar surface area (TPSA) is 55.9 Å². The number of hydrogen-bond donors (Lipinski definition) is 1. The summed E-state index contributed by atoms with van der Waals surface area (Å²) in [6.07, 6.45) is 4.65. The zero-order valence-electron chi connectivity index (χ0n) is 16.7. The van der Waals surface area contributed by atoms with E-state index in [0.717, 1.165) is 52.1 Å². The molecule has 0 aromatic heterocycles. The number of rotatable bonds is 5. The molecule has 2 heterocycles. The molecule has 2 saturated heterocycles. The summed E-state index contributed by atoms with van der Waals surface area (Å²) in [5, 5.41) is 2.80. The number of nitrogens with zero attached hydrogens (tertiary/aromatic N) is 3. The Kier molecular flexibility index (Phi) is 7.39. The molecule has 2 aliphatic heterocycles. The second kappa shape index (κ2) is 9.98. The first-order valence-electron chi connectivity index (χ1n) is 10.3. The Morgan fingerprint density at radius 3 is 2.18 bits per heavy atom. The highest BCUT2D eigenvalue weighted by molar-refractivity contribution is 5.92. The van der Waals surface area contributed by atoms with Gasteiger partial charge < -0.3 is 10.2 Å². The number of anilines is 1. The van der Waals surface area contributed by atoms with E-state index in [9.17, 15) is 14.0 Å². The highest BCUT2D eigenvalue weighted by atomic mass is 19.1. The van der Waals surface area contributed by atoms with Gasteiger partial charge in [-0.2, -0.15) is 0 Å². The number of likely N-dealkylation sites (tertiary alicyclic amines) is 1. The summed E-state index contributed by atoms with van der Waals surface area (Å²) >= 11 is 0. The summed E-state index contributed by atoms with van der Waals surface area (Å²) in [5.41, 5.74) is 0.599. The Hall–Kier alpha value is -1.99. The lowest BCUT2D eigenvalue weighted by Crippen LogP contribution is -2.55. The van der Waals surface area contributed by atoms with Crippen molar-refractivity contribution in [2.24, 2.45) is 0 Å². The minimum Gasteiger partial charge on any atom is -0.341 e. The molecule has 0 unspecified atom stereocenters. The van der Waals surface area contributed by atoms with E-state index in [2.05, 4.69) is 15.1 Å². The summed E-state index contributed by atoms with van der Waals surface area (Å²) in [6, 6.07) is 5.67. The summed E-state index contributed by atoms with van der Waals surface area (Å²) in [4.78, 5) is 31.4. The second-order valence-corrected chi connectivity index (χ2v) is 7.78. The molecule has 1 atom stereocenters. The van der Waals surface area contributed by atoms with Crippen molar-refractivity contribution in [3.8, 4) is 0 Å². The SMILES string of the molecule is C[C@H](C(=O)N1CCCCCC1)N1CCN(CC(=O)Nc2ccc(F)cc2)CC1. The number of benzene rings is 1. The van der Waals surface area contributed by atoms with Crippen LogP contribution in [0, 0.1) is 5.82 Å². The van der Waals surface area contributed by atoms with Crippen LogP contribution in [0.2, 0.25) is 0 Å². The van der Waals surface area contributed by atoms with E-state index in [1.165, 1.54) is 25.0 Å². The molecule has 28 heavy (non-hydrogen) atoms. The predicted molar refractivity (Wildman–Crippen MR) is 108 cm³/mol. The fourth-order valence-corrected chi connectivity index (χ4v) is 3.96. The van der Waals surface area contributed by atoms with Gasteiger partial charge in [0.05, 0.1) is 12.6 Å². The Morgan fingerprint density at radius 1 is 0.964 bits per heavy atom. The van der Waals surface area contributed by atoms with Gasteiger partial charge in [0.2, 0.25) is 11.8 Å². The van der Waals surface area contributed by atoms with Crippen molar-refractivity contribution >= 4 is 17.5 Å². The first kappa shape index (κ1) is 20.7. The second-order valence-electron chi connectivity index (χ2n) is 7.78. The van der Waals surface area contributed by atoms with Crippen molar-refractivity contribution in [2.45, 2.75) is 38.6 Å². The summed E-state index contributed by atoms with van der Waals surface area (Å²) in [6.45, 7) is 7.15. The summed E-state index contributed by atoms with van der Waals surface area (Å²) in [7, 11) is 0. The van der Waals surface area contributed by atoms with Crippen LogP contribution in [0.5, 0.6) is 0 Å². The van der Waals surface area contributed by atoms with Gasteiger partial charge in [0.1, 0.15) is 5.82 Å². The molecule has 0 bridgehead atoms. The molecule has 7 heteroatoms. The summed E-state index contributed by atoms with van der Waals surface area (Å²) < 4.78 is 12.9. The van der Waals surface area contributed by atoms with Gasteiger partial charge in [0, 0.05) is 45.0 Å². The van der Waals surface area contributed by atoms with E-state index < -0.39 is 0 Å². The number of piperazine rings is 1. The van der Waals surface area contributed by atoms with E-state index in [-0.39, 0.29) is 23.7 Å². The Labute approximate surface area is 166 Å². The van der Waals surface area contributed by atoms with Gasteiger partial charge in [0.15, 0.2) is 0 Å². The molecule has 0 aliphatic carbocycles. The highest BCUT2D eigenvalue weighted by Crippen LogP contribution is 2.14. The van der Waals surface area contributed by atoms with Crippen molar-refractivity contribution in [2.75, 3.05) is 51.1 Å². The normalized spacial score (nSPS) is 20.4. The van der Waals surface area contributed by atoms with Crippen LogP contribution in [-0.4, -0.2) is 78.4 Å². The molecular formula is C21H31FN4O2. The van der Waals surface area contributed by atoms with E-state index in [4.69, 9.17) is 0 Å². The summed E-state index contributed by atoms with van der Waals surface area (Å²) in [5.74, 6) is -0.184. The number of halogens is 1. The Bertz CT molecular complexity index is 651. The van der Waals surface area contributed by atoms with Gasteiger partial charge in [-0.1, -0.05) is 12.8 Å². The van der Waals surface area contributed by atoms with E-state index >= 15 is 0 Å². The molecule has 1 aromatic carbocycles. The lowest BCUT2D eigenvalue weighted by atomic mass is 10.2. The highest BCUT2D eigenvalue weighted by Gasteiger charge is 2.29. The van der Waals surface area contributed by atoms with Crippen LogP contribution in [0.3, 0.4) is 0 Å². The first-order valence-corrected chi connectivity index (χ1v) is 10.3. The van der Waals surface area contributed by atoms with Crippen molar-refractivity contribution in [3.63, 3.8) is 0 Å². The van der Waals surface area contributed by atoms with Crippen LogP contribution in [-0.2, 0) is 9.59 Å². The fraction of sp³-hybridized carbons (Fsp3) is 0.619. The lowest BCUT2D eigenvalue weighted by molar-refractivity contribution is -0.137. The zero-order valence-corrected chi connectivity index (χ0v) is 16.7. The molecule has 2 amide bonds. The maximum Gasteiger partial charge on any atom is 0.239 e. The monoisotopic (exact) mass is 390 g/mol. The largest absolute Gasteiger partial charge is 0.341 e. The number of hydrogen-bond acceptors (Lipinski definition) is 4. The molecule has 2 aliphatic rings. The standard InChI is InChI=1S/C21H31FN4O2/c1-17(21(28)26-10-4-2-3-5-11-26)25-14-12-24(13-15-25)16-20(27)23-19-8-6-18(22)7-9-19/h6-9,17H,2-5,10-16H2,1H3,(H,23,27)/t17-/m1/s1. The van der Waals surface area contributed by atoms with Crippen LogP contribution in [0.15, 0.2) is 24.3 Å². The number of nitrogens with one attached hydrogen (secondary N) is 1. The minimum absolute atomic E-state index is 0.103. The first-order chi connectivity index (χ1) is 13.5. The fourth-order valence-electron chi connectivity index (χ4n) is 3.96. The van der Waals surface area contributed by atoms with Crippen molar-refractivity contribution < 1.29 is 14.0 Å². The van der Waals surface area contributed by atoms with Gasteiger partial charge in [-0.25, -0.2) is 4.39 Å². The van der Waals surface area contributed by atoms with E-state index in [1.807, 2.05) is 11.8 Å². The van der Waals surface area contributed by atoms with E-state index in [0.29, 0.717) is 12.2 Å². The van der Waals surface area contributed by atoms with Crippen LogP contribution in [0.1, 0.15) is 32.6 Å². The Morgan fingerprint density at radius 2 is 1.57 bits per heavy atom. The molecule has 1 aromatic rings. The quantitative estimate of drug-likeness (QED) is 0.837. The molecule has 0 spiro atoms. The van der Waals surface area contributed by atoms with Crippen molar-refractivity contribution in [1.29, 1.82) is 0 Å².